The first kappa shape index (κ1) is 14.7. The van der Waals surface area contributed by atoms with Crippen LogP contribution in [0.4, 0.5) is 8.78 Å². The Morgan fingerprint density at radius 1 is 1.00 bits per heavy atom. The summed E-state index contributed by atoms with van der Waals surface area (Å²) in [6, 6.07) is 13.6. The average molecular weight is 275 g/mol. The Labute approximate surface area is 118 Å². The van der Waals surface area contributed by atoms with Gasteiger partial charge in [0, 0.05) is 11.6 Å². The van der Waals surface area contributed by atoms with Gasteiger partial charge >= 0.3 is 0 Å². The highest BCUT2D eigenvalue weighted by Crippen LogP contribution is 2.22. The molecule has 0 saturated carbocycles. The van der Waals surface area contributed by atoms with Crippen LogP contribution in [0.1, 0.15) is 24.5 Å². The molecule has 2 aromatic carbocycles. The van der Waals surface area contributed by atoms with Crippen LogP contribution in [-0.2, 0) is 12.8 Å². The molecule has 1 atom stereocenters. The lowest BCUT2D eigenvalue weighted by atomic mass is 9.83. The molecule has 2 rings (SSSR count). The Kier molecular flexibility index (Phi) is 4.50. The monoisotopic (exact) mass is 275 g/mol. The van der Waals surface area contributed by atoms with Crippen molar-refractivity contribution in [1.29, 1.82) is 0 Å². The second-order valence-electron chi connectivity index (χ2n) is 5.29. The van der Waals surface area contributed by atoms with Gasteiger partial charge in [-0.3, -0.25) is 0 Å². The molecule has 0 amide bonds. The maximum atomic E-state index is 13.8. The van der Waals surface area contributed by atoms with Crippen LogP contribution in [0.5, 0.6) is 0 Å². The predicted molar refractivity (Wildman–Crippen MR) is 77.4 cm³/mol. The van der Waals surface area contributed by atoms with Crippen LogP contribution in [0.15, 0.2) is 48.5 Å². The molecule has 0 saturated heterocycles. The molecule has 0 radical (unpaired) electrons. The molecule has 106 valence electrons. The van der Waals surface area contributed by atoms with Crippen molar-refractivity contribution in [1.82, 2.24) is 0 Å². The first-order valence-corrected chi connectivity index (χ1v) is 6.79. The molecular weight excluding hydrogens is 256 g/mol. The van der Waals surface area contributed by atoms with E-state index in [1.54, 1.807) is 0 Å². The fourth-order valence-corrected chi connectivity index (χ4v) is 2.36. The minimum Gasteiger partial charge on any atom is -0.325 e. The molecule has 0 aliphatic carbocycles. The van der Waals surface area contributed by atoms with Gasteiger partial charge in [0.1, 0.15) is 11.6 Å². The normalized spacial score (nSPS) is 14.0. The zero-order valence-electron chi connectivity index (χ0n) is 11.6. The Balaban J connectivity index is 2.18. The van der Waals surface area contributed by atoms with Gasteiger partial charge in [-0.1, -0.05) is 43.3 Å². The standard InChI is InChI=1S/C17H19F2N/c1-2-17(20,11-13-6-4-3-5-7-13)12-14-8-9-15(18)10-16(14)19/h3-10H,2,11-12,20H2,1H3. The lowest BCUT2D eigenvalue weighted by Crippen LogP contribution is -2.44. The van der Waals surface area contributed by atoms with E-state index in [4.69, 9.17) is 5.73 Å². The van der Waals surface area contributed by atoms with Crippen LogP contribution < -0.4 is 5.73 Å². The summed E-state index contributed by atoms with van der Waals surface area (Å²) in [5, 5.41) is 0. The minimum atomic E-state index is -0.562. The van der Waals surface area contributed by atoms with E-state index in [9.17, 15) is 8.78 Å². The summed E-state index contributed by atoms with van der Waals surface area (Å²) >= 11 is 0. The molecule has 1 nitrogen and oxygen atoms in total. The second-order valence-corrected chi connectivity index (χ2v) is 5.29. The predicted octanol–water partition coefficient (Wildman–Crippen LogP) is 3.86. The molecule has 20 heavy (non-hydrogen) atoms. The molecule has 2 N–H and O–H groups in total. The smallest absolute Gasteiger partial charge is 0.129 e. The summed E-state index contributed by atoms with van der Waals surface area (Å²) in [6.45, 7) is 1.99. The summed E-state index contributed by atoms with van der Waals surface area (Å²) in [5.41, 5.74) is 7.47. The molecule has 0 bridgehead atoms. The van der Waals surface area contributed by atoms with Crippen molar-refractivity contribution in [3.63, 3.8) is 0 Å². The van der Waals surface area contributed by atoms with Gasteiger partial charge in [0.25, 0.3) is 0 Å². The minimum absolute atomic E-state index is 0.393. The molecule has 0 aromatic heterocycles. The van der Waals surface area contributed by atoms with Gasteiger partial charge in [0.05, 0.1) is 0 Å². The number of rotatable bonds is 5. The lowest BCUT2D eigenvalue weighted by molar-refractivity contribution is 0.396. The molecule has 0 spiro atoms. The van der Waals surface area contributed by atoms with Crippen molar-refractivity contribution in [3.05, 3.63) is 71.3 Å². The van der Waals surface area contributed by atoms with Gasteiger partial charge < -0.3 is 5.73 Å². The van der Waals surface area contributed by atoms with Crippen LogP contribution in [0.2, 0.25) is 0 Å². The Hall–Kier alpha value is -1.74. The summed E-state index contributed by atoms with van der Waals surface area (Å²) in [7, 11) is 0. The van der Waals surface area contributed by atoms with Crippen LogP contribution >= 0.6 is 0 Å². The van der Waals surface area contributed by atoms with Crippen LogP contribution in [0.25, 0.3) is 0 Å². The highest BCUT2D eigenvalue weighted by atomic mass is 19.1. The van der Waals surface area contributed by atoms with E-state index in [0.29, 0.717) is 18.4 Å². The molecular formula is C17H19F2N. The van der Waals surface area contributed by atoms with Gasteiger partial charge in [-0.2, -0.15) is 0 Å². The maximum absolute atomic E-state index is 13.8. The SMILES string of the molecule is CCC(N)(Cc1ccccc1)Cc1ccc(F)cc1F. The van der Waals surface area contributed by atoms with E-state index in [-0.39, 0.29) is 0 Å². The first-order chi connectivity index (χ1) is 9.52. The van der Waals surface area contributed by atoms with Crippen molar-refractivity contribution in [2.75, 3.05) is 0 Å². The third-order valence-electron chi connectivity index (χ3n) is 3.66. The summed E-state index contributed by atoms with van der Waals surface area (Å²) < 4.78 is 26.7. The number of hydrogen-bond donors (Lipinski definition) is 1. The zero-order chi connectivity index (χ0) is 14.6. The maximum Gasteiger partial charge on any atom is 0.129 e. The Morgan fingerprint density at radius 2 is 1.70 bits per heavy atom. The largest absolute Gasteiger partial charge is 0.325 e. The van der Waals surface area contributed by atoms with E-state index in [1.807, 2.05) is 37.3 Å². The van der Waals surface area contributed by atoms with Crippen molar-refractivity contribution >= 4 is 0 Å². The first-order valence-electron chi connectivity index (χ1n) is 6.79. The molecule has 1 unspecified atom stereocenters. The fourth-order valence-electron chi connectivity index (χ4n) is 2.36. The molecule has 0 heterocycles. The average Bonchev–Trinajstić information content (AvgIpc) is 2.43. The highest BCUT2D eigenvalue weighted by Gasteiger charge is 2.25. The quantitative estimate of drug-likeness (QED) is 0.881. The fraction of sp³-hybridized carbons (Fsp3) is 0.294. The van der Waals surface area contributed by atoms with E-state index in [1.165, 1.54) is 12.1 Å². The van der Waals surface area contributed by atoms with Crippen molar-refractivity contribution in [2.45, 2.75) is 31.7 Å². The van der Waals surface area contributed by atoms with Gasteiger partial charge in [-0.15, -0.1) is 0 Å². The lowest BCUT2D eigenvalue weighted by Gasteiger charge is -2.29. The topological polar surface area (TPSA) is 26.0 Å². The third kappa shape index (κ3) is 3.64. The van der Waals surface area contributed by atoms with Crippen LogP contribution in [0.3, 0.4) is 0 Å². The van der Waals surface area contributed by atoms with Crippen molar-refractivity contribution in [2.24, 2.45) is 5.73 Å². The zero-order valence-corrected chi connectivity index (χ0v) is 11.6. The van der Waals surface area contributed by atoms with Crippen molar-refractivity contribution < 1.29 is 8.78 Å². The number of nitrogens with two attached hydrogens (primary N) is 1. The second kappa shape index (κ2) is 6.14. The number of hydrogen-bond acceptors (Lipinski definition) is 1. The van der Waals surface area contributed by atoms with Crippen LogP contribution in [0, 0.1) is 11.6 Å². The molecule has 2 aromatic rings. The highest BCUT2D eigenvalue weighted by molar-refractivity contribution is 5.24. The van der Waals surface area contributed by atoms with E-state index in [2.05, 4.69) is 0 Å². The van der Waals surface area contributed by atoms with Gasteiger partial charge in [0.15, 0.2) is 0 Å². The molecule has 0 aliphatic heterocycles. The van der Waals surface area contributed by atoms with Gasteiger partial charge in [-0.25, -0.2) is 8.78 Å². The molecule has 0 aliphatic rings. The van der Waals surface area contributed by atoms with Crippen LogP contribution in [-0.4, -0.2) is 5.54 Å². The van der Waals surface area contributed by atoms with Gasteiger partial charge in [0.2, 0.25) is 0 Å². The summed E-state index contributed by atoms with van der Waals surface area (Å²) in [6.07, 6.45) is 1.78. The Morgan fingerprint density at radius 3 is 2.30 bits per heavy atom. The summed E-state index contributed by atoms with van der Waals surface area (Å²) in [4.78, 5) is 0. The van der Waals surface area contributed by atoms with E-state index >= 15 is 0 Å². The number of halogens is 2. The van der Waals surface area contributed by atoms with Crippen molar-refractivity contribution in [3.8, 4) is 0 Å². The Bertz CT molecular complexity index is 568. The van der Waals surface area contributed by atoms with E-state index in [0.717, 1.165) is 18.1 Å². The third-order valence-corrected chi connectivity index (χ3v) is 3.66. The van der Waals surface area contributed by atoms with E-state index < -0.39 is 17.2 Å². The molecule has 3 heteroatoms. The molecule has 0 fully saturated rings. The number of benzene rings is 2. The van der Waals surface area contributed by atoms with Gasteiger partial charge in [-0.05, 0) is 36.5 Å². The summed E-state index contributed by atoms with van der Waals surface area (Å²) in [5.74, 6) is -1.09.